The van der Waals surface area contributed by atoms with Gasteiger partial charge < -0.3 is 15.2 Å². The number of aromatic nitrogens is 2. The maximum absolute atomic E-state index is 10.7. The Kier molecular flexibility index (Phi) is 3.75. The molecule has 94 valence electrons. The second-order valence-corrected chi connectivity index (χ2v) is 4.32. The highest BCUT2D eigenvalue weighted by Gasteiger charge is 2.29. The van der Waals surface area contributed by atoms with E-state index in [9.17, 15) is 4.79 Å². The molecule has 1 saturated heterocycles. The first-order valence-corrected chi connectivity index (χ1v) is 5.71. The minimum atomic E-state index is -0.861. The number of carbonyl (C=O) groups is 1. The molecule has 2 atom stereocenters. The van der Waals surface area contributed by atoms with Gasteiger partial charge in [-0.3, -0.25) is 4.68 Å². The molecule has 2 heterocycles. The van der Waals surface area contributed by atoms with Gasteiger partial charge in [0.05, 0.1) is 12.3 Å². The van der Waals surface area contributed by atoms with E-state index >= 15 is 0 Å². The summed E-state index contributed by atoms with van der Waals surface area (Å²) in [6.45, 7) is 1.41. The van der Waals surface area contributed by atoms with Crippen LogP contribution >= 0.6 is 0 Å². The van der Waals surface area contributed by atoms with Crippen molar-refractivity contribution in [2.24, 2.45) is 7.05 Å². The van der Waals surface area contributed by atoms with Crippen molar-refractivity contribution in [3.8, 4) is 0 Å². The van der Waals surface area contributed by atoms with E-state index in [1.807, 2.05) is 19.4 Å². The number of aryl methyl sites for hydroxylation is 1. The molecular weight excluding hydrogens is 222 g/mol. The van der Waals surface area contributed by atoms with E-state index in [-0.39, 0.29) is 6.10 Å². The Bertz CT molecular complexity index is 391. The summed E-state index contributed by atoms with van der Waals surface area (Å²) in [6.07, 6.45) is 4.55. The van der Waals surface area contributed by atoms with Gasteiger partial charge in [0.1, 0.15) is 0 Å². The van der Waals surface area contributed by atoms with Gasteiger partial charge in [0.15, 0.2) is 6.10 Å². The van der Waals surface area contributed by atoms with E-state index in [4.69, 9.17) is 9.84 Å². The summed E-state index contributed by atoms with van der Waals surface area (Å²) in [4.78, 5) is 10.7. The van der Waals surface area contributed by atoms with Gasteiger partial charge in [-0.15, -0.1) is 0 Å². The predicted octanol–water partition coefficient (Wildman–Crippen LogP) is 0.142. The topological polar surface area (TPSA) is 76.4 Å². The third kappa shape index (κ3) is 3.28. The normalized spacial score (nSPS) is 24.1. The highest BCUT2D eigenvalue weighted by molar-refractivity contribution is 5.72. The van der Waals surface area contributed by atoms with Gasteiger partial charge in [-0.2, -0.15) is 5.10 Å². The van der Waals surface area contributed by atoms with Gasteiger partial charge in [-0.05, 0) is 12.8 Å². The third-order valence-corrected chi connectivity index (χ3v) is 2.84. The molecule has 0 aromatic carbocycles. The molecule has 0 aliphatic carbocycles. The molecule has 0 bridgehead atoms. The number of hydrogen-bond acceptors (Lipinski definition) is 4. The first kappa shape index (κ1) is 12.1. The average Bonchev–Trinajstić information content (AvgIpc) is 2.88. The molecule has 1 aliphatic rings. The summed E-state index contributed by atoms with van der Waals surface area (Å²) in [5.41, 5.74) is 1.11. The van der Waals surface area contributed by atoms with Crippen LogP contribution in [0.2, 0.25) is 0 Å². The molecule has 0 amide bonds. The van der Waals surface area contributed by atoms with Crippen molar-refractivity contribution in [1.29, 1.82) is 0 Å². The molecule has 1 aliphatic heterocycles. The standard InChI is InChI=1S/C11H17N3O3/c1-14-7-8(5-13-14)4-12-6-9-2-3-10(17-9)11(15)16/h5,7,9-10,12H,2-4,6H2,1H3,(H,15,16). The largest absolute Gasteiger partial charge is 0.479 e. The second-order valence-electron chi connectivity index (χ2n) is 4.32. The van der Waals surface area contributed by atoms with E-state index in [0.717, 1.165) is 18.5 Å². The first-order valence-electron chi connectivity index (χ1n) is 5.71. The van der Waals surface area contributed by atoms with Crippen LogP contribution in [0.1, 0.15) is 18.4 Å². The van der Waals surface area contributed by atoms with Crippen LogP contribution in [0.3, 0.4) is 0 Å². The van der Waals surface area contributed by atoms with Gasteiger partial charge in [0.2, 0.25) is 0 Å². The van der Waals surface area contributed by atoms with Gasteiger partial charge in [-0.25, -0.2) is 4.79 Å². The van der Waals surface area contributed by atoms with Gasteiger partial charge in [-0.1, -0.05) is 0 Å². The molecule has 2 unspecified atom stereocenters. The lowest BCUT2D eigenvalue weighted by Gasteiger charge is -2.11. The lowest BCUT2D eigenvalue weighted by Crippen LogP contribution is -2.28. The SMILES string of the molecule is Cn1cc(CNCC2CCC(C(=O)O)O2)cn1. The van der Waals surface area contributed by atoms with Crippen LogP contribution in [0, 0.1) is 0 Å². The minimum Gasteiger partial charge on any atom is -0.479 e. The molecule has 0 saturated carbocycles. The summed E-state index contributed by atoms with van der Waals surface area (Å²) >= 11 is 0. The van der Waals surface area contributed by atoms with Crippen LogP contribution in [0.25, 0.3) is 0 Å². The first-order chi connectivity index (χ1) is 8.15. The summed E-state index contributed by atoms with van der Waals surface area (Å²) in [5.74, 6) is -0.861. The van der Waals surface area contributed by atoms with Crippen LogP contribution in [0.5, 0.6) is 0 Å². The maximum atomic E-state index is 10.7. The van der Waals surface area contributed by atoms with E-state index in [0.29, 0.717) is 13.0 Å². The fourth-order valence-electron chi connectivity index (χ4n) is 1.98. The Morgan fingerprint density at radius 3 is 3.12 bits per heavy atom. The molecule has 1 aromatic rings. The highest BCUT2D eigenvalue weighted by Crippen LogP contribution is 2.19. The molecular formula is C11H17N3O3. The van der Waals surface area contributed by atoms with Crippen molar-refractivity contribution in [1.82, 2.24) is 15.1 Å². The second kappa shape index (κ2) is 5.29. The monoisotopic (exact) mass is 239 g/mol. The molecule has 1 fully saturated rings. The molecule has 17 heavy (non-hydrogen) atoms. The van der Waals surface area contributed by atoms with E-state index in [1.165, 1.54) is 0 Å². The minimum absolute atomic E-state index is 0.00720. The van der Waals surface area contributed by atoms with Crippen molar-refractivity contribution in [3.05, 3.63) is 18.0 Å². The number of ether oxygens (including phenoxy) is 1. The van der Waals surface area contributed by atoms with Gasteiger partial charge in [0, 0.05) is 31.9 Å². The number of carboxylic acid groups (broad SMARTS) is 1. The van der Waals surface area contributed by atoms with Crippen LogP contribution < -0.4 is 5.32 Å². The molecule has 6 heteroatoms. The lowest BCUT2D eigenvalue weighted by molar-refractivity contribution is -0.149. The summed E-state index contributed by atoms with van der Waals surface area (Å²) in [6, 6.07) is 0. The Morgan fingerprint density at radius 2 is 2.53 bits per heavy atom. The summed E-state index contributed by atoms with van der Waals surface area (Å²) in [7, 11) is 1.88. The van der Waals surface area contributed by atoms with Crippen molar-refractivity contribution < 1.29 is 14.6 Å². The quantitative estimate of drug-likeness (QED) is 0.764. The lowest BCUT2D eigenvalue weighted by atomic mass is 10.2. The summed E-state index contributed by atoms with van der Waals surface area (Å²) < 4.78 is 7.14. The number of hydrogen-bond donors (Lipinski definition) is 2. The van der Waals surface area contributed by atoms with Crippen molar-refractivity contribution >= 4 is 5.97 Å². The fourth-order valence-corrected chi connectivity index (χ4v) is 1.98. The zero-order valence-corrected chi connectivity index (χ0v) is 9.80. The van der Waals surface area contributed by atoms with Crippen molar-refractivity contribution in [2.45, 2.75) is 31.6 Å². The van der Waals surface area contributed by atoms with Gasteiger partial charge in [0.25, 0.3) is 0 Å². The van der Waals surface area contributed by atoms with Crippen LogP contribution in [0.15, 0.2) is 12.4 Å². The Morgan fingerprint density at radius 1 is 1.71 bits per heavy atom. The zero-order chi connectivity index (χ0) is 12.3. The Hall–Kier alpha value is -1.40. The zero-order valence-electron chi connectivity index (χ0n) is 9.80. The van der Waals surface area contributed by atoms with E-state index in [1.54, 1.807) is 4.68 Å². The molecule has 2 rings (SSSR count). The Labute approximate surface area is 99.6 Å². The predicted molar refractivity (Wildman–Crippen MR) is 60.4 cm³/mol. The maximum Gasteiger partial charge on any atom is 0.332 e. The highest BCUT2D eigenvalue weighted by atomic mass is 16.5. The van der Waals surface area contributed by atoms with Gasteiger partial charge >= 0.3 is 5.97 Å². The van der Waals surface area contributed by atoms with E-state index < -0.39 is 12.1 Å². The van der Waals surface area contributed by atoms with E-state index in [2.05, 4.69) is 10.4 Å². The molecule has 1 aromatic heterocycles. The number of carboxylic acids is 1. The van der Waals surface area contributed by atoms with Crippen LogP contribution in [0.4, 0.5) is 0 Å². The van der Waals surface area contributed by atoms with Crippen molar-refractivity contribution in [3.63, 3.8) is 0 Å². The third-order valence-electron chi connectivity index (χ3n) is 2.84. The number of nitrogens with zero attached hydrogens (tertiary/aromatic N) is 2. The number of aliphatic carboxylic acids is 1. The average molecular weight is 239 g/mol. The molecule has 0 radical (unpaired) electrons. The fraction of sp³-hybridized carbons (Fsp3) is 0.636. The molecule has 0 spiro atoms. The smallest absolute Gasteiger partial charge is 0.332 e. The molecule has 2 N–H and O–H groups in total. The van der Waals surface area contributed by atoms with Crippen molar-refractivity contribution in [2.75, 3.05) is 6.54 Å². The van der Waals surface area contributed by atoms with Crippen LogP contribution in [-0.2, 0) is 23.1 Å². The number of rotatable bonds is 5. The summed E-state index contributed by atoms with van der Waals surface area (Å²) in [5, 5.41) is 16.1. The Balaban J connectivity index is 1.68. The molecule has 6 nitrogen and oxygen atoms in total. The van der Waals surface area contributed by atoms with Crippen LogP contribution in [-0.4, -0.2) is 39.6 Å². The number of nitrogens with one attached hydrogen (secondary N) is 1.